The highest BCUT2D eigenvalue weighted by Gasteiger charge is 2.32. The van der Waals surface area contributed by atoms with E-state index < -0.39 is 11.7 Å². The van der Waals surface area contributed by atoms with Crippen LogP contribution in [0.1, 0.15) is 35.8 Å². The number of carbonyl (C=O) groups is 1. The van der Waals surface area contributed by atoms with Crippen molar-refractivity contribution in [2.75, 3.05) is 18.0 Å². The molecule has 4 rings (SSSR count). The first-order valence-electron chi connectivity index (χ1n) is 9.36. The average Bonchev–Trinajstić information content (AvgIpc) is 3.34. The average molecular weight is 407 g/mol. The molecule has 154 valence electrons. The Morgan fingerprint density at radius 2 is 1.97 bits per heavy atom. The van der Waals surface area contributed by atoms with Crippen LogP contribution in [0.15, 0.2) is 30.6 Å². The third kappa shape index (κ3) is 3.89. The lowest BCUT2D eigenvalue weighted by Crippen LogP contribution is -2.45. The van der Waals surface area contributed by atoms with Crippen molar-refractivity contribution in [1.82, 2.24) is 29.7 Å². The summed E-state index contributed by atoms with van der Waals surface area (Å²) in [6, 6.07) is 3.95. The van der Waals surface area contributed by atoms with E-state index in [1.807, 2.05) is 11.8 Å². The van der Waals surface area contributed by atoms with Crippen LogP contribution in [0.5, 0.6) is 0 Å². The van der Waals surface area contributed by atoms with E-state index in [-0.39, 0.29) is 11.9 Å². The fraction of sp³-hybridized carbons (Fsp3) is 0.444. The van der Waals surface area contributed by atoms with Crippen molar-refractivity contribution >= 4 is 17.5 Å². The van der Waals surface area contributed by atoms with Crippen LogP contribution >= 0.6 is 0 Å². The SMILES string of the molecule is CCn1ccc(C(=O)NC2CCN(c3nnc4ccc(C(F)(F)F)cn34)CC2)n1. The Bertz CT molecular complexity index is 1020. The molecule has 0 atom stereocenters. The van der Waals surface area contributed by atoms with Gasteiger partial charge in [-0.25, -0.2) is 0 Å². The van der Waals surface area contributed by atoms with Gasteiger partial charge in [-0.2, -0.15) is 18.3 Å². The second-order valence-corrected chi connectivity index (χ2v) is 6.94. The second-order valence-electron chi connectivity index (χ2n) is 6.94. The predicted octanol–water partition coefficient (Wildman–Crippen LogP) is 2.36. The van der Waals surface area contributed by atoms with Gasteiger partial charge in [0.2, 0.25) is 5.95 Å². The topological polar surface area (TPSA) is 80.4 Å². The van der Waals surface area contributed by atoms with E-state index in [1.54, 1.807) is 16.9 Å². The van der Waals surface area contributed by atoms with Crippen molar-refractivity contribution in [2.45, 2.75) is 38.5 Å². The number of nitrogens with zero attached hydrogens (tertiary/aromatic N) is 6. The van der Waals surface area contributed by atoms with Gasteiger partial charge in [0.1, 0.15) is 5.69 Å². The van der Waals surface area contributed by atoms with Gasteiger partial charge in [0, 0.05) is 38.1 Å². The van der Waals surface area contributed by atoms with Crippen molar-refractivity contribution < 1.29 is 18.0 Å². The van der Waals surface area contributed by atoms with E-state index in [9.17, 15) is 18.0 Å². The molecule has 0 spiro atoms. The molecule has 0 bridgehead atoms. The normalized spacial score (nSPS) is 15.8. The number of hydrogen-bond acceptors (Lipinski definition) is 5. The monoisotopic (exact) mass is 407 g/mol. The van der Waals surface area contributed by atoms with Crippen LogP contribution in [0.4, 0.5) is 19.1 Å². The summed E-state index contributed by atoms with van der Waals surface area (Å²) < 4.78 is 42.1. The van der Waals surface area contributed by atoms with Gasteiger partial charge in [0.25, 0.3) is 5.91 Å². The summed E-state index contributed by atoms with van der Waals surface area (Å²) in [4.78, 5) is 14.2. The number of alkyl halides is 3. The molecule has 1 aliphatic heterocycles. The van der Waals surface area contributed by atoms with Gasteiger partial charge < -0.3 is 10.2 Å². The molecule has 0 saturated carbocycles. The molecule has 11 heteroatoms. The van der Waals surface area contributed by atoms with Gasteiger partial charge in [0.05, 0.1) is 5.56 Å². The van der Waals surface area contributed by atoms with Crippen LogP contribution in [0.25, 0.3) is 5.65 Å². The number of piperidine rings is 1. The summed E-state index contributed by atoms with van der Waals surface area (Å²) in [7, 11) is 0. The minimum absolute atomic E-state index is 0.0320. The Balaban J connectivity index is 1.42. The lowest BCUT2D eigenvalue weighted by molar-refractivity contribution is -0.137. The Morgan fingerprint density at radius 3 is 2.62 bits per heavy atom. The van der Waals surface area contributed by atoms with Crippen LogP contribution < -0.4 is 10.2 Å². The number of fused-ring (bicyclic) bond motifs is 1. The van der Waals surface area contributed by atoms with Gasteiger partial charge in [0.15, 0.2) is 5.65 Å². The van der Waals surface area contributed by atoms with E-state index >= 15 is 0 Å². The number of amides is 1. The fourth-order valence-electron chi connectivity index (χ4n) is 3.40. The zero-order valence-electron chi connectivity index (χ0n) is 15.7. The molecule has 1 aliphatic rings. The highest BCUT2D eigenvalue weighted by molar-refractivity contribution is 5.92. The van der Waals surface area contributed by atoms with E-state index in [1.165, 1.54) is 10.5 Å². The van der Waals surface area contributed by atoms with Crippen molar-refractivity contribution in [3.63, 3.8) is 0 Å². The summed E-state index contributed by atoms with van der Waals surface area (Å²) in [6.45, 7) is 3.72. The maximum absolute atomic E-state index is 13.0. The Hall–Kier alpha value is -3.11. The molecule has 0 radical (unpaired) electrons. The third-order valence-electron chi connectivity index (χ3n) is 5.02. The van der Waals surface area contributed by atoms with Crippen molar-refractivity contribution in [2.24, 2.45) is 0 Å². The molecule has 0 unspecified atom stereocenters. The van der Waals surface area contributed by atoms with Crippen molar-refractivity contribution in [3.8, 4) is 0 Å². The molecule has 29 heavy (non-hydrogen) atoms. The number of anilines is 1. The van der Waals surface area contributed by atoms with Crippen LogP contribution in [0.2, 0.25) is 0 Å². The number of carbonyl (C=O) groups excluding carboxylic acids is 1. The lowest BCUT2D eigenvalue weighted by atomic mass is 10.1. The maximum atomic E-state index is 13.0. The van der Waals surface area contributed by atoms with E-state index in [0.717, 1.165) is 12.3 Å². The van der Waals surface area contributed by atoms with Gasteiger partial charge in [-0.15, -0.1) is 10.2 Å². The lowest BCUT2D eigenvalue weighted by Gasteiger charge is -2.32. The molecule has 0 aliphatic carbocycles. The number of aryl methyl sites for hydroxylation is 1. The van der Waals surface area contributed by atoms with Gasteiger partial charge in [-0.1, -0.05) is 0 Å². The summed E-state index contributed by atoms with van der Waals surface area (Å²) >= 11 is 0. The smallest absolute Gasteiger partial charge is 0.348 e. The zero-order valence-corrected chi connectivity index (χ0v) is 15.7. The molecule has 3 aromatic heterocycles. The maximum Gasteiger partial charge on any atom is 0.417 e. The van der Waals surface area contributed by atoms with Crippen molar-refractivity contribution in [3.05, 3.63) is 41.9 Å². The predicted molar refractivity (Wildman–Crippen MR) is 98.6 cm³/mol. The molecule has 4 heterocycles. The molecule has 1 N–H and O–H groups in total. The number of pyridine rings is 1. The van der Waals surface area contributed by atoms with Gasteiger partial charge in [-0.3, -0.25) is 13.9 Å². The summed E-state index contributed by atoms with van der Waals surface area (Å²) in [6.07, 6.45) is -0.369. The molecule has 3 aromatic rings. The summed E-state index contributed by atoms with van der Waals surface area (Å²) in [5.74, 6) is 0.149. The van der Waals surface area contributed by atoms with Gasteiger partial charge >= 0.3 is 6.18 Å². The Kier molecular flexibility index (Phi) is 4.89. The Labute approximate surface area is 164 Å². The standard InChI is InChI=1S/C18H20F3N7O/c1-2-27-10-7-14(25-27)16(29)22-13-5-8-26(9-6-13)17-24-23-15-4-3-12(11-28(15)17)18(19,20)21/h3-4,7,10-11,13H,2,5-6,8-9H2,1H3,(H,22,29). The molecular formula is C18H20F3N7O. The molecule has 1 saturated heterocycles. The van der Waals surface area contributed by atoms with E-state index in [0.29, 0.717) is 49.8 Å². The van der Waals surface area contributed by atoms with Crippen LogP contribution in [-0.4, -0.2) is 49.4 Å². The second kappa shape index (κ2) is 7.37. The molecule has 1 fully saturated rings. The summed E-state index contributed by atoms with van der Waals surface area (Å²) in [5, 5.41) is 15.2. The van der Waals surface area contributed by atoms with Gasteiger partial charge in [-0.05, 0) is 38.0 Å². The number of nitrogens with one attached hydrogen (secondary N) is 1. The first-order chi connectivity index (χ1) is 13.8. The minimum atomic E-state index is -4.43. The molecule has 1 amide bonds. The molecular weight excluding hydrogens is 387 g/mol. The molecule has 8 nitrogen and oxygen atoms in total. The highest BCUT2D eigenvalue weighted by Crippen LogP contribution is 2.30. The van der Waals surface area contributed by atoms with Crippen LogP contribution in [-0.2, 0) is 12.7 Å². The number of halogens is 3. The number of rotatable bonds is 4. The molecule has 0 aromatic carbocycles. The highest BCUT2D eigenvalue weighted by atomic mass is 19.4. The van der Waals surface area contributed by atoms with E-state index in [2.05, 4.69) is 20.6 Å². The number of hydrogen-bond donors (Lipinski definition) is 1. The first kappa shape index (κ1) is 19.2. The Morgan fingerprint density at radius 1 is 1.21 bits per heavy atom. The minimum Gasteiger partial charge on any atom is -0.348 e. The van der Waals surface area contributed by atoms with Crippen LogP contribution in [0, 0.1) is 0 Å². The largest absolute Gasteiger partial charge is 0.417 e. The number of aromatic nitrogens is 5. The summed E-state index contributed by atoms with van der Waals surface area (Å²) in [5.41, 5.74) is -0.0212. The van der Waals surface area contributed by atoms with E-state index in [4.69, 9.17) is 0 Å². The zero-order chi connectivity index (χ0) is 20.6. The van der Waals surface area contributed by atoms with Crippen molar-refractivity contribution in [1.29, 1.82) is 0 Å². The first-order valence-corrected chi connectivity index (χ1v) is 9.36. The third-order valence-corrected chi connectivity index (χ3v) is 5.02. The quantitative estimate of drug-likeness (QED) is 0.718. The van der Waals surface area contributed by atoms with Crippen LogP contribution in [0.3, 0.4) is 0 Å². The fourth-order valence-corrected chi connectivity index (χ4v) is 3.40.